The molecule has 2 aromatic rings. The summed E-state index contributed by atoms with van der Waals surface area (Å²) in [5.74, 6) is 0.465. The molecule has 1 heterocycles. The molecule has 0 spiro atoms. The molecule has 0 aliphatic carbocycles. The summed E-state index contributed by atoms with van der Waals surface area (Å²) in [5, 5.41) is 13.3. The molecule has 0 fully saturated rings. The lowest BCUT2D eigenvalue weighted by Gasteiger charge is -2.20. The van der Waals surface area contributed by atoms with Crippen LogP contribution in [0.3, 0.4) is 0 Å². The van der Waals surface area contributed by atoms with Crippen LogP contribution in [0.2, 0.25) is 5.02 Å². The summed E-state index contributed by atoms with van der Waals surface area (Å²) < 4.78 is 10.9. The maximum atomic E-state index is 12.4. The summed E-state index contributed by atoms with van der Waals surface area (Å²) in [4.78, 5) is 22.5. The van der Waals surface area contributed by atoms with Gasteiger partial charge in [-0.2, -0.15) is 0 Å². The van der Waals surface area contributed by atoms with Gasteiger partial charge in [0.1, 0.15) is 18.2 Å². The summed E-state index contributed by atoms with van der Waals surface area (Å²) in [6, 6.07) is 8.98. The van der Waals surface area contributed by atoms with Gasteiger partial charge in [0, 0.05) is 11.8 Å². The van der Waals surface area contributed by atoms with Crippen molar-refractivity contribution in [1.29, 1.82) is 0 Å². The van der Waals surface area contributed by atoms with Crippen molar-refractivity contribution in [3.8, 4) is 11.5 Å². The zero-order valence-electron chi connectivity index (χ0n) is 11.7. The third kappa shape index (κ3) is 3.04. The molecular formula is C15H11ClN2O5. The molecule has 0 radical (unpaired) electrons. The zero-order valence-corrected chi connectivity index (χ0v) is 12.5. The molecule has 3 rings (SSSR count). The van der Waals surface area contributed by atoms with Gasteiger partial charge in [-0.1, -0.05) is 17.7 Å². The van der Waals surface area contributed by atoms with Gasteiger partial charge < -0.3 is 14.8 Å². The number of nitrogens with one attached hydrogen (secondary N) is 1. The van der Waals surface area contributed by atoms with Crippen LogP contribution in [0.25, 0.3) is 0 Å². The first kappa shape index (κ1) is 15.1. The monoisotopic (exact) mass is 334 g/mol. The molecular weight excluding hydrogens is 324 g/mol. The van der Waals surface area contributed by atoms with Crippen molar-refractivity contribution >= 4 is 28.9 Å². The van der Waals surface area contributed by atoms with Gasteiger partial charge in [-0.15, -0.1) is 0 Å². The Morgan fingerprint density at radius 3 is 2.74 bits per heavy atom. The zero-order chi connectivity index (χ0) is 16.4. The van der Waals surface area contributed by atoms with E-state index in [1.165, 1.54) is 18.2 Å². The van der Waals surface area contributed by atoms with Crippen LogP contribution < -0.4 is 14.8 Å². The SMILES string of the molecule is O=C(Nc1ccc([N+](=O)[O-])c(Cl)c1)c1cccc2c1OCCO2. The van der Waals surface area contributed by atoms with Crippen LogP contribution in [0.4, 0.5) is 11.4 Å². The number of fused-ring (bicyclic) bond motifs is 1. The molecule has 1 aliphatic rings. The van der Waals surface area contributed by atoms with E-state index in [2.05, 4.69) is 5.32 Å². The number of hydrogen-bond donors (Lipinski definition) is 1. The smallest absolute Gasteiger partial charge is 0.288 e. The van der Waals surface area contributed by atoms with Crippen LogP contribution in [0.1, 0.15) is 10.4 Å². The van der Waals surface area contributed by atoms with E-state index >= 15 is 0 Å². The Morgan fingerprint density at radius 1 is 1.22 bits per heavy atom. The molecule has 7 nitrogen and oxygen atoms in total. The largest absolute Gasteiger partial charge is 0.486 e. The fourth-order valence-corrected chi connectivity index (χ4v) is 2.43. The van der Waals surface area contributed by atoms with Crippen molar-refractivity contribution in [2.24, 2.45) is 0 Å². The second-order valence-electron chi connectivity index (χ2n) is 4.71. The molecule has 1 aliphatic heterocycles. The molecule has 0 saturated carbocycles. The predicted octanol–water partition coefficient (Wildman–Crippen LogP) is 3.27. The molecule has 23 heavy (non-hydrogen) atoms. The van der Waals surface area contributed by atoms with Crippen LogP contribution in [0.5, 0.6) is 11.5 Å². The van der Waals surface area contributed by atoms with Gasteiger partial charge in [-0.25, -0.2) is 0 Å². The minimum Gasteiger partial charge on any atom is -0.486 e. The number of nitro benzene ring substituents is 1. The number of halogens is 1. The Morgan fingerprint density at radius 2 is 2.00 bits per heavy atom. The van der Waals surface area contributed by atoms with Crippen molar-refractivity contribution in [3.63, 3.8) is 0 Å². The molecule has 0 atom stereocenters. The summed E-state index contributed by atoms with van der Waals surface area (Å²) in [7, 11) is 0. The summed E-state index contributed by atoms with van der Waals surface area (Å²) in [5.41, 5.74) is 0.440. The van der Waals surface area contributed by atoms with E-state index in [1.807, 2.05) is 0 Å². The number of hydrogen-bond acceptors (Lipinski definition) is 5. The van der Waals surface area contributed by atoms with Gasteiger partial charge in [0.05, 0.1) is 10.5 Å². The molecule has 0 aromatic heterocycles. The van der Waals surface area contributed by atoms with Crippen LogP contribution >= 0.6 is 11.6 Å². The maximum Gasteiger partial charge on any atom is 0.288 e. The predicted molar refractivity (Wildman–Crippen MR) is 83.5 cm³/mol. The highest BCUT2D eigenvalue weighted by atomic mass is 35.5. The Hall–Kier alpha value is -2.80. The number of para-hydroxylation sites is 1. The topological polar surface area (TPSA) is 90.7 Å². The van der Waals surface area contributed by atoms with E-state index in [4.69, 9.17) is 21.1 Å². The second kappa shape index (κ2) is 6.13. The van der Waals surface area contributed by atoms with Gasteiger partial charge in [-0.3, -0.25) is 14.9 Å². The molecule has 0 saturated heterocycles. The molecule has 2 aromatic carbocycles. The van der Waals surface area contributed by atoms with Gasteiger partial charge in [0.2, 0.25) is 0 Å². The fraction of sp³-hybridized carbons (Fsp3) is 0.133. The summed E-state index contributed by atoms with van der Waals surface area (Å²) in [6.07, 6.45) is 0. The first-order valence-electron chi connectivity index (χ1n) is 6.70. The average Bonchev–Trinajstić information content (AvgIpc) is 2.54. The van der Waals surface area contributed by atoms with Gasteiger partial charge in [-0.05, 0) is 24.3 Å². The van der Waals surface area contributed by atoms with E-state index in [-0.39, 0.29) is 10.7 Å². The van der Waals surface area contributed by atoms with Crippen molar-refractivity contribution < 1.29 is 19.2 Å². The number of nitrogens with zero attached hydrogens (tertiary/aromatic N) is 1. The average molecular weight is 335 g/mol. The first-order chi connectivity index (χ1) is 11.1. The van der Waals surface area contributed by atoms with Gasteiger partial charge in [0.15, 0.2) is 11.5 Å². The number of carbonyl (C=O) groups excluding carboxylic acids is 1. The first-order valence-corrected chi connectivity index (χ1v) is 7.08. The van der Waals surface area contributed by atoms with E-state index in [1.54, 1.807) is 18.2 Å². The lowest BCUT2D eigenvalue weighted by molar-refractivity contribution is -0.384. The highest BCUT2D eigenvalue weighted by Gasteiger charge is 2.21. The van der Waals surface area contributed by atoms with Gasteiger partial charge >= 0.3 is 0 Å². The maximum absolute atomic E-state index is 12.4. The molecule has 1 amide bonds. The van der Waals surface area contributed by atoms with E-state index in [0.717, 1.165) is 0 Å². The minimum atomic E-state index is -0.591. The number of anilines is 1. The normalized spacial score (nSPS) is 12.6. The van der Waals surface area contributed by atoms with Crippen LogP contribution in [0, 0.1) is 10.1 Å². The Labute approximate surface area is 135 Å². The molecule has 0 bridgehead atoms. The third-order valence-electron chi connectivity index (χ3n) is 3.21. The summed E-state index contributed by atoms with van der Waals surface area (Å²) in [6.45, 7) is 0.788. The Balaban J connectivity index is 1.85. The fourth-order valence-electron chi connectivity index (χ4n) is 2.18. The minimum absolute atomic E-state index is 0.0533. The number of carbonyl (C=O) groups is 1. The van der Waals surface area contributed by atoms with Crippen molar-refractivity contribution in [3.05, 3.63) is 57.1 Å². The lowest BCUT2D eigenvalue weighted by Crippen LogP contribution is -2.20. The van der Waals surface area contributed by atoms with Crippen molar-refractivity contribution in [2.45, 2.75) is 0 Å². The van der Waals surface area contributed by atoms with Crippen LogP contribution in [-0.2, 0) is 0 Å². The molecule has 118 valence electrons. The van der Waals surface area contributed by atoms with E-state index in [0.29, 0.717) is 36.0 Å². The number of benzene rings is 2. The van der Waals surface area contributed by atoms with Crippen molar-refractivity contribution in [2.75, 3.05) is 18.5 Å². The highest BCUT2D eigenvalue weighted by Crippen LogP contribution is 2.34. The quantitative estimate of drug-likeness (QED) is 0.687. The standard InChI is InChI=1S/C15H11ClN2O5/c16-11-8-9(4-5-12(11)18(20)21)17-15(19)10-2-1-3-13-14(10)23-7-6-22-13/h1-5,8H,6-7H2,(H,17,19). The van der Waals surface area contributed by atoms with E-state index < -0.39 is 10.8 Å². The van der Waals surface area contributed by atoms with Gasteiger partial charge in [0.25, 0.3) is 11.6 Å². The molecule has 0 unspecified atom stereocenters. The number of ether oxygens (including phenoxy) is 2. The van der Waals surface area contributed by atoms with Crippen LogP contribution in [0.15, 0.2) is 36.4 Å². The lowest BCUT2D eigenvalue weighted by atomic mass is 10.1. The second-order valence-corrected chi connectivity index (χ2v) is 5.11. The van der Waals surface area contributed by atoms with E-state index in [9.17, 15) is 14.9 Å². The molecule has 1 N–H and O–H groups in total. The molecule has 8 heteroatoms. The Bertz CT molecular complexity index is 793. The number of rotatable bonds is 3. The number of amides is 1. The number of nitro groups is 1. The van der Waals surface area contributed by atoms with Crippen LogP contribution in [-0.4, -0.2) is 24.0 Å². The highest BCUT2D eigenvalue weighted by molar-refractivity contribution is 6.33. The van der Waals surface area contributed by atoms with Crippen molar-refractivity contribution in [1.82, 2.24) is 0 Å². The Kier molecular flexibility index (Phi) is 4.03. The third-order valence-corrected chi connectivity index (χ3v) is 3.52. The summed E-state index contributed by atoms with van der Waals surface area (Å²) >= 11 is 5.83.